The molecule has 0 bridgehead atoms. The van der Waals surface area contributed by atoms with Crippen LogP contribution in [0.15, 0.2) is 97.2 Å². The number of aliphatic hydroxyl groups is 1. The van der Waals surface area contributed by atoms with Crippen molar-refractivity contribution < 1.29 is 52.6 Å². The maximum atomic E-state index is 12.6. The van der Waals surface area contributed by atoms with Crippen LogP contribution in [0.2, 0.25) is 0 Å². The van der Waals surface area contributed by atoms with Crippen LogP contribution in [0.1, 0.15) is 123 Å². The van der Waals surface area contributed by atoms with Gasteiger partial charge in [0.15, 0.2) is 6.10 Å². The molecule has 0 saturated heterocycles. The van der Waals surface area contributed by atoms with E-state index < -0.39 is 63.8 Å². The molecular weight excluding hydrogens is 749 g/mol. The SMILES string of the molecule is CC/C=C\C/C=C\C/C=C\C/C=C\CCCCC(=O)OC[C@H](COP(=O)(O)OC[C@H](N)C(=O)O)OC(=O)CCC/C=C\C/C=C\C=C\[C@@H](O)C/C=C\CCCCC. The third-order valence-corrected chi connectivity index (χ3v) is 8.85. The second kappa shape index (κ2) is 37.9. The molecule has 0 heterocycles. The van der Waals surface area contributed by atoms with E-state index in [1.54, 1.807) is 6.08 Å². The van der Waals surface area contributed by atoms with Crippen LogP contribution >= 0.6 is 7.82 Å². The number of nitrogens with two attached hydrogens (primary N) is 1. The van der Waals surface area contributed by atoms with Gasteiger partial charge in [-0.05, 0) is 83.5 Å². The van der Waals surface area contributed by atoms with Gasteiger partial charge in [0.2, 0.25) is 0 Å². The van der Waals surface area contributed by atoms with E-state index in [9.17, 15) is 28.9 Å². The molecule has 57 heavy (non-hydrogen) atoms. The Kier molecular flexibility index (Phi) is 35.5. The summed E-state index contributed by atoms with van der Waals surface area (Å²) in [6, 6.07) is -1.55. The van der Waals surface area contributed by atoms with Crippen LogP contribution in [-0.4, -0.2) is 71.1 Å². The number of ether oxygens (including phenoxy) is 2. The number of carbonyl (C=O) groups excluding carboxylic acids is 2. The van der Waals surface area contributed by atoms with E-state index in [-0.39, 0.29) is 12.8 Å². The molecule has 0 aliphatic heterocycles. The Bertz CT molecular complexity index is 1350. The molecule has 0 aromatic heterocycles. The Morgan fingerprint density at radius 1 is 0.649 bits per heavy atom. The molecule has 322 valence electrons. The van der Waals surface area contributed by atoms with Gasteiger partial charge in [-0.25, -0.2) is 4.57 Å². The summed E-state index contributed by atoms with van der Waals surface area (Å²) in [5, 5.41) is 18.9. The predicted molar refractivity (Wildman–Crippen MR) is 227 cm³/mol. The first-order valence-electron chi connectivity index (χ1n) is 20.4. The lowest BCUT2D eigenvalue weighted by Crippen LogP contribution is -2.34. The number of unbranched alkanes of at least 4 members (excludes halogenated alkanes) is 6. The molecule has 0 saturated carbocycles. The number of phosphoric ester groups is 1. The van der Waals surface area contributed by atoms with Crippen LogP contribution in [0, 0.1) is 0 Å². The second-order valence-electron chi connectivity index (χ2n) is 13.2. The molecule has 1 unspecified atom stereocenters. The predicted octanol–water partition coefficient (Wildman–Crippen LogP) is 9.47. The fourth-order valence-corrected chi connectivity index (χ4v) is 5.44. The largest absolute Gasteiger partial charge is 0.480 e. The third kappa shape index (κ3) is 37.7. The van der Waals surface area contributed by atoms with Gasteiger partial charge in [0, 0.05) is 12.8 Å². The Morgan fingerprint density at radius 3 is 1.82 bits per heavy atom. The lowest BCUT2D eigenvalue weighted by molar-refractivity contribution is -0.161. The molecule has 0 radical (unpaired) electrons. The number of aliphatic hydroxyl groups excluding tert-OH is 1. The fraction of sp³-hybridized carbons (Fsp3) is 0.568. The Hall–Kier alpha value is -3.64. The quantitative estimate of drug-likeness (QED) is 0.0154. The van der Waals surface area contributed by atoms with Gasteiger partial charge in [0.1, 0.15) is 12.6 Å². The van der Waals surface area contributed by atoms with Gasteiger partial charge in [-0.2, -0.15) is 0 Å². The molecule has 0 fully saturated rings. The van der Waals surface area contributed by atoms with Crippen LogP contribution < -0.4 is 5.73 Å². The Labute approximate surface area is 341 Å². The Morgan fingerprint density at radius 2 is 1.19 bits per heavy atom. The summed E-state index contributed by atoms with van der Waals surface area (Å²) in [5.41, 5.74) is 5.31. The zero-order chi connectivity index (χ0) is 42.2. The van der Waals surface area contributed by atoms with Crippen molar-refractivity contribution in [2.45, 2.75) is 141 Å². The molecule has 13 heteroatoms. The summed E-state index contributed by atoms with van der Waals surface area (Å²) in [6.07, 6.45) is 43.7. The molecule has 12 nitrogen and oxygen atoms in total. The minimum Gasteiger partial charge on any atom is -0.480 e. The van der Waals surface area contributed by atoms with Gasteiger partial charge < -0.3 is 30.3 Å². The van der Waals surface area contributed by atoms with Crippen molar-refractivity contribution >= 4 is 25.7 Å². The molecule has 0 aromatic rings. The van der Waals surface area contributed by atoms with E-state index in [0.29, 0.717) is 32.1 Å². The van der Waals surface area contributed by atoms with Crippen LogP contribution in [0.25, 0.3) is 0 Å². The first-order chi connectivity index (χ1) is 27.5. The summed E-state index contributed by atoms with van der Waals surface area (Å²) < 4.78 is 32.5. The van der Waals surface area contributed by atoms with Gasteiger partial charge in [-0.1, -0.05) is 124 Å². The highest BCUT2D eigenvalue weighted by Gasteiger charge is 2.28. The number of hydrogen-bond donors (Lipinski definition) is 4. The maximum absolute atomic E-state index is 12.6. The first-order valence-corrected chi connectivity index (χ1v) is 21.9. The smallest absolute Gasteiger partial charge is 0.472 e. The van der Waals surface area contributed by atoms with Gasteiger partial charge in [0.25, 0.3) is 0 Å². The number of carboxylic acids is 1. The minimum atomic E-state index is -4.76. The second-order valence-corrected chi connectivity index (χ2v) is 14.7. The van der Waals surface area contributed by atoms with Crippen molar-refractivity contribution in [1.29, 1.82) is 0 Å². The number of aliphatic carboxylic acids is 1. The molecule has 5 N–H and O–H groups in total. The average molecular weight is 820 g/mol. The molecule has 0 aliphatic rings. The van der Waals surface area contributed by atoms with Crippen LogP contribution in [-0.2, 0) is 37.5 Å². The minimum absolute atomic E-state index is 0.0380. The summed E-state index contributed by atoms with van der Waals surface area (Å²) in [6.45, 7) is 2.44. The average Bonchev–Trinajstić information content (AvgIpc) is 3.18. The lowest BCUT2D eigenvalue weighted by atomic mass is 10.1. The van der Waals surface area contributed by atoms with Gasteiger partial charge in [-0.15, -0.1) is 0 Å². The van der Waals surface area contributed by atoms with Crippen LogP contribution in [0.3, 0.4) is 0 Å². The van der Waals surface area contributed by atoms with E-state index in [0.717, 1.165) is 44.9 Å². The van der Waals surface area contributed by atoms with Crippen molar-refractivity contribution in [2.75, 3.05) is 19.8 Å². The standard InChI is InChI=1S/C44H70NO11P/c1-3-5-7-9-11-12-13-14-15-16-17-18-22-26-30-34-42(47)53-36-40(37-54-57(51,52)55-38-41(45)44(49)50)56-43(48)35-31-27-23-20-19-21-25-29-33-39(46)32-28-24-10-8-6-4-2/h5,7,11-12,14-15,17-18,20-21,23-25,28-29,33,39-41,46H,3-4,6,8-10,13,16,19,22,26-27,30-32,34-38,45H2,1-2H3,(H,49,50)(H,51,52)/b7-5-,12-11-,15-14-,18-17-,23-20-,25-21-,28-24-,33-29+/t39-,40+,41-/m0/s1. The highest BCUT2D eigenvalue weighted by molar-refractivity contribution is 7.47. The summed E-state index contributed by atoms with van der Waals surface area (Å²) in [5.74, 6) is -2.57. The number of carboxylic acid groups (broad SMARTS) is 1. The Balaban J connectivity index is 4.66. The van der Waals surface area contributed by atoms with Gasteiger partial charge in [-0.3, -0.25) is 23.4 Å². The van der Waals surface area contributed by atoms with Crippen molar-refractivity contribution in [3.63, 3.8) is 0 Å². The molecule has 0 rings (SSSR count). The zero-order valence-electron chi connectivity index (χ0n) is 34.2. The van der Waals surface area contributed by atoms with Crippen molar-refractivity contribution in [3.8, 4) is 0 Å². The topological polar surface area (TPSA) is 192 Å². The molecule has 4 atom stereocenters. The van der Waals surface area contributed by atoms with Crippen LogP contribution in [0.4, 0.5) is 0 Å². The molecule has 0 aliphatic carbocycles. The highest BCUT2D eigenvalue weighted by Crippen LogP contribution is 2.43. The number of carbonyl (C=O) groups is 3. The molecule has 0 spiro atoms. The van der Waals surface area contributed by atoms with Crippen molar-refractivity contribution in [1.82, 2.24) is 0 Å². The number of phosphoric acid groups is 1. The summed E-state index contributed by atoms with van der Waals surface area (Å²) in [7, 11) is -4.76. The normalized spacial score (nSPS) is 15.3. The van der Waals surface area contributed by atoms with Gasteiger partial charge >= 0.3 is 25.7 Å². The van der Waals surface area contributed by atoms with E-state index >= 15 is 0 Å². The summed E-state index contributed by atoms with van der Waals surface area (Å²) >= 11 is 0. The molecule has 0 amide bonds. The number of allylic oxidation sites excluding steroid dienone is 14. The van der Waals surface area contributed by atoms with Crippen molar-refractivity contribution in [3.05, 3.63) is 97.2 Å². The third-order valence-electron chi connectivity index (χ3n) is 7.90. The zero-order valence-corrected chi connectivity index (χ0v) is 35.1. The number of rotatable bonds is 36. The maximum Gasteiger partial charge on any atom is 0.472 e. The molecular formula is C44H70NO11P. The van der Waals surface area contributed by atoms with E-state index in [2.05, 4.69) is 73.1 Å². The monoisotopic (exact) mass is 819 g/mol. The summed E-state index contributed by atoms with van der Waals surface area (Å²) in [4.78, 5) is 45.8. The van der Waals surface area contributed by atoms with E-state index in [4.69, 9.17) is 24.8 Å². The lowest BCUT2D eigenvalue weighted by Gasteiger charge is -2.20. The number of esters is 2. The van der Waals surface area contributed by atoms with E-state index in [1.165, 1.54) is 19.3 Å². The van der Waals surface area contributed by atoms with Gasteiger partial charge in [0.05, 0.1) is 19.3 Å². The first kappa shape index (κ1) is 53.4. The van der Waals surface area contributed by atoms with Crippen LogP contribution in [0.5, 0.6) is 0 Å². The van der Waals surface area contributed by atoms with E-state index in [1.807, 2.05) is 36.5 Å². The number of hydrogen-bond acceptors (Lipinski definition) is 10. The van der Waals surface area contributed by atoms with Crippen molar-refractivity contribution in [2.24, 2.45) is 5.73 Å². The molecule has 0 aromatic carbocycles. The fourth-order valence-electron chi connectivity index (χ4n) is 4.66. The highest BCUT2D eigenvalue weighted by atomic mass is 31.2.